The Kier molecular flexibility index (Phi) is 4.66. The summed E-state index contributed by atoms with van der Waals surface area (Å²) in [4.78, 5) is 50.7. The summed E-state index contributed by atoms with van der Waals surface area (Å²) >= 11 is 0. The highest BCUT2D eigenvalue weighted by Gasteiger charge is 2.84. The highest BCUT2D eigenvalue weighted by atomic mass is 16.6. The third-order valence-electron chi connectivity index (χ3n) is 8.62. The van der Waals surface area contributed by atoms with Crippen molar-refractivity contribution in [2.24, 2.45) is 22.7 Å². The number of hydrogen-bond acceptors (Lipinski definition) is 11. The van der Waals surface area contributed by atoms with Gasteiger partial charge in [0.1, 0.15) is 12.2 Å². The van der Waals surface area contributed by atoms with Crippen molar-refractivity contribution in [3.63, 3.8) is 0 Å². The average molecular weight is 478 g/mol. The average Bonchev–Trinajstić information content (AvgIpc) is 3.08. The number of ketones is 1. The van der Waals surface area contributed by atoms with Crippen LogP contribution in [0.2, 0.25) is 0 Å². The molecule has 2 saturated carbocycles. The summed E-state index contributed by atoms with van der Waals surface area (Å²) < 4.78 is 21.9. The van der Waals surface area contributed by atoms with Crippen molar-refractivity contribution in [3.05, 3.63) is 23.0 Å². The summed E-state index contributed by atoms with van der Waals surface area (Å²) in [6.45, 7) is 4.11. The quantitative estimate of drug-likeness (QED) is 0.346. The number of aliphatic hydroxyl groups is 3. The summed E-state index contributed by atoms with van der Waals surface area (Å²) in [6, 6.07) is 0. The van der Waals surface area contributed by atoms with Crippen LogP contribution in [0.25, 0.3) is 0 Å². The molecule has 0 radical (unpaired) electrons. The Morgan fingerprint density at radius 3 is 2.50 bits per heavy atom. The Hall–Kier alpha value is -2.76. The van der Waals surface area contributed by atoms with Crippen LogP contribution in [0.4, 0.5) is 0 Å². The predicted octanol–water partition coefficient (Wildman–Crippen LogP) is -0.509. The lowest BCUT2D eigenvalue weighted by molar-refractivity contribution is -0.272. The smallest absolute Gasteiger partial charge is 0.348 e. The van der Waals surface area contributed by atoms with Gasteiger partial charge in [-0.1, -0.05) is 6.92 Å². The van der Waals surface area contributed by atoms with Gasteiger partial charge in [0.2, 0.25) is 17.5 Å². The molecule has 5 rings (SSSR count). The van der Waals surface area contributed by atoms with Gasteiger partial charge in [0, 0.05) is 35.7 Å². The van der Waals surface area contributed by atoms with Gasteiger partial charge in [-0.05, 0) is 18.6 Å². The predicted molar refractivity (Wildman–Crippen MR) is 109 cm³/mol. The zero-order chi connectivity index (χ0) is 25.0. The third-order valence-corrected chi connectivity index (χ3v) is 8.62. The van der Waals surface area contributed by atoms with E-state index in [-0.39, 0.29) is 18.6 Å². The number of Topliss-reactive ketones (excluding diaryl/α,β-unsaturated/α-hetero) is 1. The van der Waals surface area contributed by atoms with Gasteiger partial charge in [-0.15, -0.1) is 0 Å². The first kappa shape index (κ1) is 23.0. The second kappa shape index (κ2) is 6.89. The first-order valence-electron chi connectivity index (χ1n) is 11.0. The van der Waals surface area contributed by atoms with Gasteiger partial charge in [-0.2, -0.15) is 0 Å². The van der Waals surface area contributed by atoms with Crippen LogP contribution < -0.4 is 0 Å². The zero-order valence-corrected chi connectivity index (χ0v) is 19.1. The topological polar surface area (TPSA) is 166 Å². The van der Waals surface area contributed by atoms with Crippen LogP contribution in [0.1, 0.15) is 27.2 Å². The highest BCUT2D eigenvalue weighted by Crippen LogP contribution is 2.71. The van der Waals surface area contributed by atoms with E-state index in [9.17, 15) is 34.5 Å². The van der Waals surface area contributed by atoms with E-state index in [1.807, 2.05) is 0 Å². The van der Waals surface area contributed by atoms with Gasteiger partial charge in [-0.3, -0.25) is 9.59 Å². The highest BCUT2D eigenvalue weighted by molar-refractivity contribution is 6.08. The van der Waals surface area contributed by atoms with Crippen LogP contribution >= 0.6 is 0 Å². The Bertz CT molecular complexity index is 1090. The number of allylic oxidation sites excluding steroid dienone is 2. The maximum atomic E-state index is 13.1. The van der Waals surface area contributed by atoms with Crippen molar-refractivity contribution in [2.75, 3.05) is 13.7 Å². The molecule has 9 atom stereocenters. The molecule has 5 aliphatic rings. The molecule has 3 N–H and O–H groups in total. The molecule has 0 aromatic rings. The molecule has 11 heteroatoms. The lowest BCUT2D eigenvalue weighted by Gasteiger charge is -2.65. The Morgan fingerprint density at radius 2 is 1.88 bits per heavy atom. The first-order valence-corrected chi connectivity index (χ1v) is 11.0. The number of ether oxygens (including phenoxy) is 4. The number of rotatable bonds is 2. The van der Waals surface area contributed by atoms with Crippen LogP contribution in [0.5, 0.6) is 0 Å². The minimum Gasteiger partial charge on any atom is -0.504 e. The number of carbonyl (C=O) groups is 4. The second-order valence-electron chi connectivity index (χ2n) is 9.98. The minimum absolute atomic E-state index is 0.0623. The van der Waals surface area contributed by atoms with E-state index >= 15 is 0 Å². The number of aliphatic hydroxyl groups excluding tert-OH is 3. The van der Waals surface area contributed by atoms with E-state index in [1.165, 1.54) is 13.0 Å². The fourth-order valence-corrected chi connectivity index (χ4v) is 7.49. The molecular formula is C23H26O11. The van der Waals surface area contributed by atoms with E-state index < -0.39 is 82.1 Å². The fraction of sp³-hybridized carbons (Fsp3) is 0.652. The number of hydrogen-bond donors (Lipinski definition) is 3. The molecule has 1 spiro atoms. The SMILES string of the molecule is COC(=O)[C@]12OC[C@@]34[C@@H](CC5=C(C)C(=O)C(O)=C[C@]5(C)[C@H]3[C@@H](O)[C@@H]1O)OC(=O)[C@H](OC(C)=O)[C@@H]24. The van der Waals surface area contributed by atoms with Gasteiger partial charge >= 0.3 is 17.9 Å². The van der Waals surface area contributed by atoms with Gasteiger partial charge in [0.15, 0.2) is 5.76 Å². The van der Waals surface area contributed by atoms with Crippen molar-refractivity contribution in [1.82, 2.24) is 0 Å². The van der Waals surface area contributed by atoms with Crippen LogP contribution in [0, 0.1) is 22.7 Å². The molecule has 184 valence electrons. The monoisotopic (exact) mass is 478 g/mol. The molecule has 0 amide bonds. The first-order chi connectivity index (χ1) is 15.9. The summed E-state index contributed by atoms with van der Waals surface area (Å²) in [5, 5.41) is 33.3. The Balaban J connectivity index is 1.81. The largest absolute Gasteiger partial charge is 0.504 e. The Morgan fingerprint density at radius 1 is 1.21 bits per heavy atom. The van der Waals surface area contributed by atoms with Gasteiger partial charge in [0.25, 0.3) is 0 Å². The van der Waals surface area contributed by atoms with E-state index in [2.05, 4.69) is 0 Å². The van der Waals surface area contributed by atoms with Crippen LogP contribution in [-0.2, 0) is 38.1 Å². The second-order valence-corrected chi connectivity index (χ2v) is 9.98. The van der Waals surface area contributed by atoms with Crippen molar-refractivity contribution >= 4 is 23.7 Å². The van der Waals surface area contributed by atoms with Gasteiger partial charge in [-0.25, -0.2) is 9.59 Å². The molecule has 11 nitrogen and oxygen atoms in total. The van der Waals surface area contributed by atoms with Crippen molar-refractivity contribution in [2.45, 2.75) is 57.2 Å². The molecule has 0 unspecified atom stereocenters. The molecule has 0 aromatic carbocycles. The van der Waals surface area contributed by atoms with Crippen molar-refractivity contribution in [3.8, 4) is 0 Å². The Labute approximate surface area is 194 Å². The molecular weight excluding hydrogens is 452 g/mol. The zero-order valence-electron chi connectivity index (χ0n) is 19.1. The number of esters is 3. The summed E-state index contributed by atoms with van der Waals surface area (Å²) in [7, 11) is 1.08. The molecule has 3 aliphatic carbocycles. The number of methoxy groups -OCH3 is 1. The van der Waals surface area contributed by atoms with Crippen LogP contribution in [-0.4, -0.2) is 82.7 Å². The summed E-state index contributed by atoms with van der Waals surface area (Å²) in [5.41, 5.74) is -3.89. The number of fused-ring (bicyclic) bond motifs is 2. The normalized spacial score (nSPS) is 46.7. The molecule has 0 aromatic heterocycles. The van der Waals surface area contributed by atoms with E-state index in [0.717, 1.165) is 14.0 Å². The molecule has 2 heterocycles. The maximum Gasteiger partial charge on any atom is 0.348 e. The van der Waals surface area contributed by atoms with Gasteiger partial charge < -0.3 is 34.3 Å². The molecule has 2 bridgehead atoms. The van der Waals surface area contributed by atoms with Crippen molar-refractivity contribution < 1.29 is 53.4 Å². The maximum absolute atomic E-state index is 13.1. The summed E-state index contributed by atoms with van der Waals surface area (Å²) in [5.74, 6) is -6.09. The lowest BCUT2D eigenvalue weighted by Crippen LogP contribution is -2.78. The molecule has 2 aliphatic heterocycles. The molecule has 4 fully saturated rings. The number of carbonyl (C=O) groups excluding carboxylic acids is 4. The minimum atomic E-state index is -2.20. The van der Waals surface area contributed by atoms with Crippen LogP contribution in [0.15, 0.2) is 23.0 Å². The molecule has 2 saturated heterocycles. The molecule has 34 heavy (non-hydrogen) atoms. The standard InChI is InChI=1S/C23H26O11/c1-8-10-5-12-22-7-32-23(20(30)31-4,17(22)15(19(29)34-12)33-9(2)24)18(28)14(27)16(22)21(10,3)6-11(25)13(8)26/h6,12,14-18,25,27-28H,5,7H2,1-4H3/t12-,14-,15-,16-,17-,18+,21+,22-,23-/m1/s1. The van der Waals surface area contributed by atoms with E-state index in [0.29, 0.717) is 5.57 Å². The summed E-state index contributed by atoms with van der Waals surface area (Å²) in [6.07, 6.45) is -4.67. The van der Waals surface area contributed by atoms with E-state index in [4.69, 9.17) is 18.9 Å². The lowest BCUT2D eigenvalue weighted by atomic mass is 9.40. The fourth-order valence-electron chi connectivity index (χ4n) is 7.49. The van der Waals surface area contributed by atoms with Crippen molar-refractivity contribution in [1.29, 1.82) is 0 Å². The third kappa shape index (κ3) is 2.37. The van der Waals surface area contributed by atoms with E-state index in [1.54, 1.807) is 6.92 Å². The van der Waals surface area contributed by atoms with Gasteiger partial charge in [0.05, 0.1) is 25.7 Å². The van der Waals surface area contributed by atoms with Crippen LogP contribution in [0.3, 0.4) is 0 Å².